The molecule has 0 heterocycles. The molecule has 2 aliphatic rings. The third-order valence-electron chi connectivity index (χ3n) is 5.10. The molecule has 2 aliphatic carbocycles. The van der Waals surface area contributed by atoms with Gasteiger partial charge in [-0.25, -0.2) is 0 Å². The first kappa shape index (κ1) is 16.4. The maximum absolute atomic E-state index is 12.0. The molecule has 0 amide bonds. The molecule has 0 aromatic rings. The molecule has 3 heteroatoms. The van der Waals surface area contributed by atoms with E-state index in [0.29, 0.717) is 24.8 Å². The SMILES string of the molecule is C=C1C[C@H]2[C@H](/C=C/C[C@@](C)(O)CCCC)[C@H](O)C[C@@H]2C1=O. The Kier molecular flexibility index (Phi) is 5.05. The van der Waals surface area contributed by atoms with Gasteiger partial charge in [0.2, 0.25) is 0 Å². The molecule has 118 valence electrons. The van der Waals surface area contributed by atoms with Crippen molar-refractivity contribution in [3.8, 4) is 0 Å². The lowest BCUT2D eigenvalue weighted by Gasteiger charge is -2.22. The average Bonchev–Trinajstić information content (AvgIpc) is 2.86. The fourth-order valence-corrected chi connectivity index (χ4v) is 3.78. The summed E-state index contributed by atoms with van der Waals surface area (Å²) < 4.78 is 0. The van der Waals surface area contributed by atoms with E-state index in [4.69, 9.17) is 0 Å². The summed E-state index contributed by atoms with van der Waals surface area (Å²) in [5.41, 5.74) is 0.0372. The zero-order valence-electron chi connectivity index (χ0n) is 13.2. The molecule has 0 aliphatic heterocycles. The average molecular weight is 292 g/mol. The molecule has 0 spiro atoms. The quantitative estimate of drug-likeness (QED) is 0.584. The molecule has 2 rings (SSSR count). The van der Waals surface area contributed by atoms with Crippen molar-refractivity contribution in [2.75, 3.05) is 0 Å². The smallest absolute Gasteiger partial charge is 0.161 e. The standard InChI is InChI=1S/C18H28O3/c1-4-5-8-18(3,21)9-6-7-13-14-10-12(2)17(20)15(14)11-16(13)19/h6-7,13-16,19,21H,2,4-5,8-11H2,1,3H3/b7-6+/t13-,14-,15-,16+,18-/m0/s1. The van der Waals surface area contributed by atoms with Gasteiger partial charge in [0.15, 0.2) is 5.78 Å². The Labute approximate surface area is 127 Å². The van der Waals surface area contributed by atoms with E-state index in [2.05, 4.69) is 13.5 Å². The Balaban J connectivity index is 1.94. The summed E-state index contributed by atoms with van der Waals surface area (Å²) in [6, 6.07) is 0. The lowest BCUT2D eigenvalue weighted by Crippen LogP contribution is -2.23. The molecule has 3 nitrogen and oxygen atoms in total. The highest BCUT2D eigenvalue weighted by atomic mass is 16.3. The number of unbranched alkanes of at least 4 members (excludes halogenated alkanes) is 1. The van der Waals surface area contributed by atoms with Gasteiger partial charge >= 0.3 is 0 Å². The fourth-order valence-electron chi connectivity index (χ4n) is 3.78. The van der Waals surface area contributed by atoms with Crippen molar-refractivity contribution in [2.24, 2.45) is 17.8 Å². The van der Waals surface area contributed by atoms with E-state index in [1.165, 1.54) is 0 Å². The first-order valence-corrected chi connectivity index (χ1v) is 8.15. The number of carbonyl (C=O) groups excluding carboxylic acids is 1. The van der Waals surface area contributed by atoms with E-state index in [9.17, 15) is 15.0 Å². The van der Waals surface area contributed by atoms with Crippen molar-refractivity contribution >= 4 is 5.78 Å². The van der Waals surface area contributed by atoms with Crippen LogP contribution < -0.4 is 0 Å². The first-order chi connectivity index (χ1) is 9.85. The second-order valence-corrected chi connectivity index (χ2v) is 7.06. The minimum absolute atomic E-state index is 0.0279. The monoisotopic (exact) mass is 292 g/mol. The number of ketones is 1. The fraction of sp³-hybridized carbons (Fsp3) is 0.722. The highest BCUT2D eigenvalue weighted by molar-refractivity contribution is 5.99. The molecule has 5 atom stereocenters. The first-order valence-electron chi connectivity index (χ1n) is 8.15. The summed E-state index contributed by atoms with van der Waals surface area (Å²) in [7, 11) is 0. The van der Waals surface area contributed by atoms with Gasteiger partial charge in [0.05, 0.1) is 11.7 Å². The number of aliphatic hydroxyl groups is 2. The third kappa shape index (κ3) is 3.64. The van der Waals surface area contributed by atoms with E-state index < -0.39 is 11.7 Å². The Morgan fingerprint density at radius 3 is 2.86 bits per heavy atom. The van der Waals surface area contributed by atoms with Crippen LogP contribution in [0, 0.1) is 17.8 Å². The number of fused-ring (bicyclic) bond motifs is 1. The van der Waals surface area contributed by atoms with Crippen molar-refractivity contribution in [3.05, 3.63) is 24.3 Å². The van der Waals surface area contributed by atoms with Crippen LogP contribution >= 0.6 is 0 Å². The van der Waals surface area contributed by atoms with Crippen molar-refractivity contribution in [1.82, 2.24) is 0 Å². The lowest BCUT2D eigenvalue weighted by atomic mass is 9.89. The second kappa shape index (κ2) is 6.45. The molecular weight excluding hydrogens is 264 g/mol. The van der Waals surface area contributed by atoms with Crippen LogP contribution in [-0.4, -0.2) is 27.7 Å². The summed E-state index contributed by atoms with van der Waals surface area (Å²) in [6.45, 7) is 7.81. The molecule has 0 bridgehead atoms. The maximum atomic E-state index is 12.0. The van der Waals surface area contributed by atoms with Gasteiger partial charge in [-0.2, -0.15) is 0 Å². The van der Waals surface area contributed by atoms with Crippen LogP contribution in [0.15, 0.2) is 24.3 Å². The molecular formula is C18H28O3. The van der Waals surface area contributed by atoms with Gasteiger partial charge in [-0.05, 0) is 44.1 Å². The number of hydrogen-bond donors (Lipinski definition) is 2. The maximum Gasteiger partial charge on any atom is 0.161 e. The Hall–Kier alpha value is -0.930. The van der Waals surface area contributed by atoms with Crippen LogP contribution in [0.4, 0.5) is 0 Å². The third-order valence-corrected chi connectivity index (χ3v) is 5.10. The van der Waals surface area contributed by atoms with Gasteiger partial charge in [-0.3, -0.25) is 4.79 Å². The van der Waals surface area contributed by atoms with Crippen LogP contribution in [0.1, 0.15) is 52.4 Å². The van der Waals surface area contributed by atoms with Gasteiger partial charge in [-0.15, -0.1) is 0 Å². The second-order valence-electron chi connectivity index (χ2n) is 7.06. The molecule has 21 heavy (non-hydrogen) atoms. The lowest BCUT2D eigenvalue weighted by molar-refractivity contribution is -0.118. The van der Waals surface area contributed by atoms with Crippen molar-refractivity contribution in [3.63, 3.8) is 0 Å². The number of Topliss-reactive ketones (excluding diaryl/α,β-unsaturated/α-hetero) is 1. The normalized spacial score (nSPS) is 35.4. The van der Waals surface area contributed by atoms with Crippen LogP contribution in [0.25, 0.3) is 0 Å². The molecule has 2 N–H and O–H groups in total. The van der Waals surface area contributed by atoms with Gasteiger partial charge in [0.25, 0.3) is 0 Å². The van der Waals surface area contributed by atoms with E-state index in [1.807, 2.05) is 19.1 Å². The van der Waals surface area contributed by atoms with E-state index in [-0.39, 0.29) is 23.5 Å². The van der Waals surface area contributed by atoms with Gasteiger partial charge in [0.1, 0.15) is 0 Å². The van der Waals surface area contributed by atoms with E-state index >= 15 is 0 Å². The van der Waals surface area contributed by atoms with Crippen molar-refractivity contribution in [2.45, 2.75) is 64.1 Å². The Morgan fingerprint density at radius 1 is 1.48 bits per heavy atom. The minimum atomic E-state index is -0.676. The summed E-state index contributed by atoms with van der Waals surface area (Å²) in [6.07, 6.45) is 8.32. The summed E-state index contributed by atoms with van der Waals surface area (Å²) >= 11 is 0. The largest absolute Gasteiger partial charge is 0.392 e. The molecule has 0 unspecified atom stereocenters. The van der Waals surface area contributed by atoms with E-state index in [0.717, 1.165) is 19.3 Å². The van der Waals surface area contributed by atoms with Crippen LogP contribution in [0.3, 0.4) is 0 Å². The van der Waals surface area contributed by atoms with Crippen LogP contribution in [-0.2, 0) is 4.79 Å². The van der Waals surface area contributed by atoms with Crippen LogP contribution in [0.5, 0.6) is 0 Å². The van der Waals surface area contributed by atoms with E-state index in [1.54, 1.807) is 0 Å². The van der Waals surface area contributed by atoms with Crippen molar-refractivity contribution in [1.29, 1.82) is 0 Å². The molecule has 0 radical (unpaired) electrons. The Bertz CT molecular complexity index is 436. The number of rotatable bonds is 6. The molecule has 2 fully saturated rings. The number of allylic oxidation sites excluding steroid dienone is 1. The highest BCUT2D eigenvalue weighted by Gasteiger charge is 2.49. The molecule has 0 aromatic heterocycles. The zero-order valence-corrected chi connectivity index (χ0v) is 13.2. The van der Waals surface area contributed by atoms with Gasteiger partial charge in [0, 0.05) is 11.8 Å². The molecule has 2 saturated carbocycles. The number of carbonyl (C=O) groups is 1. The number of aliphatic hydroxyl groups excluding tert-OH is 1. The zero-order chi connectivity index (χ0) is 15.6. The van der Waals surface area contributed by atoms with Gasteiger partial charge in [-0.1, -0.05) is 38.5 Å². The summed E-state index contributed by atoms with van der Waals surface area (Å²) in [4.78, 5) is 12.0. The molecule has 0 aromatic carbocycles. The number of hydrogen-bond acceptors (Lipinski definition) is 3. The minimum Gasteiger partial charge on any atom is -0.392 e. The summed E-state index contributed by atoms with van der Waals surface area (Å²) in [5.74, 6) is 0.338. The molecule has 0 saturated heterocycles. The predicted molar refractivity (Wildman–Crippen MR) is 83.8 cm³/mol. The highest BCUT2D eigenvalue weighted by Crippen LogP contribution is 2.48. The summed E-state index contributed by atoms with van der Waals surface area (Å²) in [5, 5.41) is 20.4. The topological polar surface area (TPSA) is 57.5 Å². The van der Waals surface area contributed by atoms with Crippen LogP contribution in [0.2, 0.25) is 0 Å². The Morgan fingerprint density at radius 2 is 2.19 bits per heavy atom. The predicted octanol–water partition coefficient (Wildman–Crippen LogP) is 3.02. The van der Waals surface area contributed by atoms with Gasteiger partial charge < -0.3 is 10.2 Å². The van der Waals surface area contributed by atoms with Crippen molar-refractivity contribution < 1.29 is 15.0 Å².